The van der Waals surface area contributed by atoms with Gasteiger partial charge in [0.05, 0.1) is 24.8 Å². The third-order valence-corrected chi connectivity index (χ3v) is 5.44. The van der Waals surface area contributed by atoms with E-state index in [1.54, 1.807) is 12.1 Å². The highest BCUT2D eigenvalue weighted by Gasteiger charge is 2.16. The van der Waals surface area contributed by atoms with Gasteiger partial charge in [-0.25, -0.2) is 4.79 Å². The topological polar surface area (TPSA) is 69.1 Å². The highest BCUT2D eigenvalue weighted by Crippen LogP contribution is 2.13. The summed E-state index contributed by atoms with van der Waals surface area (Å²) in [6.45, 7) is 8.23. The summed E-state index contributed by atoms with van der Waals surface area (Å²) in [4.78, 5) is 25.9. The molecule has 1 amide bonds. The van der Waals surface area contributed by atoms with Crippen LogP contribution in [-0.4, -0.2) is 44.8 Å². The van der Waals surface area contributed by atoms with Crippen molar-refractivity contribution in [2.45, 2.75) is 32.9 Å². The number of carbonyl (C=O) groups is 2. The molecule has 6 nitrogen and oxygen atoms in total. The molecule has 0 aromatic heterocycles. The average molecular weight is 412 g/mol. The molecule has 2 aromatic rings. The average Bonchev–Trinajstić information content (AvgIpc) is 2.78. The molecule has 3 rings (SSSR count). The van der Waals surface area contributed by atoms with Crippen LogP contribution in [0.1, 0.15) is 46.9 Å². The summed E-state index contributed by atoms with van der Waals surface area (Å²) >= 11 is 0. The first-order valence-electron chi connectivity index (χ1n) is 10.6. The van der Waals surface area contributed by atoms with Crippen LogP contribution in [0, 0.1) is 0 Å². The zero-order valence-corrected chi connectivity index (χ0v) is 17.8. The van der Waals surface area contributed by atoms with Gasteiger partial charge >= 0.3 is 5.97 Å². The SMILES string of the molecule is CCc1ccc([C@H](C)NC(=O)COC(=O)c2ccc(C[NH+]3CCOCC3)cc2)cc1. The number of morpholine rings is 1. The van der Waals surface area contributed by atoms with Crippen molar-refractivity contribution in [3.05, 3.63) is 70.8 Å². The third kappa shape index (κ3) is 6.40. The molecule has 1 saturated heterocycles. The van der Waals surface area contributed by atoms with E-state index in [-0.39, 0.29) is 18.6 Å². The normalized spacial score (nSPS) is 15.4. The first kappa shape index (κ1) is 22.0. The summed E-state index contributed by atoms with van der Waals surface area (Å²) in [6, 6.07) is 15.4. The second kappa shape index (κ2) is 10.9. The first-order valence-corrected chi connectivity index (χ1v) is 10.6. The van der Waals surface area contributed by atoms with E-state index in [2.05, 4.69) is 24.4 Å². The van der Waals surface area contributed by atoms with Gasteiger partial charge in [-0.1, -0.05) is 43.3 Å². The minimum atomic E-state index is -0.490. The minimum absolute atomic E-state index is 0.149. The summed E-state index contributed by atoms with van der Waals surface area (Å²) in [5.41, 5.74) is 3.89. The largest absolute Gasteiger partial charge is 0.452 e. The highest BCUT2D eigenvalue weighted by atomic mass is 16.5. The Morgan fingerprint density at radius 2 is 1.67 bits per heavy atom. The van der Waals surface area contributed by atoms with Gasteiger partial charge in [-0.2, -0.15) is 0 Å². The predicted molar refractivity (Wildman–Crippen MR) is 114 cm³/mol. The number of quaternary nitrogens is 1. The maximum absolute atomic E-state index is 12.3. The number of nitrogens with one attached hydrogen (secondary N) is 2. The maximum atomic E-state index is 12.3. The number of aryl methyl sites for hydroxylation is 1. The molecule has 6 heteroatoms. The molecular formula is C24H31N2O4+. The van der Waals surface area contributed by atoms with Crippen LogP contribution in [0.2, 0.25) is 0 Å². The van der Waals surface area contributed by atoms with E-state index in [0.29, 0.717) is 5.56 Å². The highest BCUT2D eigenvalue weighted by molar-refractivity contribution is 5.91. The standard InChI is InChI=1S/C24H30N2O4/c1-3-19-4-8-21(9-5-19)18(2)25-23(27)17-30-24(28)22-10-6-20(7-11-22)16-26-12-14-29-15-13-26/h4-11,18H,3,12-17H2,1-2H3,(H,25,27)/p+1/t18-/m0/s1. The van der Waals surface area contributed by atoms with Crippen molar-refractivity contribution < 1.29 is 24.0 Å². The molecule has 1 aliphatic rings. The smallest absolute Gasteiger partial charge is 0.338 e. The molecule has 0 aliphatic carbocycles. The Balaban J connectivity index is 1.44. The van der Waals surface area contributed by atoms with Gasteiger partial charge in [0.1, 0.15) is 19.6 Å². The number of hydrogen-bond donors (Lipinski definition) is 2. The molecule has 1 fully saturated rings. The quantitative estimate of drug-likeness (QED) is 0.649. The fraction of sp³-hybridized carbons (Fsp3) is 0.417. The van der Waals surface area contributed by atoms with Gasteiger partial charge in [-0.05, 0) is 36.6 Å². The van der Waals surface area contributed by atoms with Crippen LogP contribution in [0.5, 0.6) is 0 Å². The summed E-state index contributed by atoms with van der Waals surface area (Å²) < 4.78 is 10.6. The van der Waals surface area contributed by atoms with E-state index in [1.807, 2.05) is 31.2 Å². The molecule has 1 atom stereocenters. The van der Waals surface area contributed by atoms with Gasteiger partial charge in [0.2, 0.25) is 0 Å². The van der Waals surface area contributed by atoms with E-state index >= 15 is 0 Å². The van der Waals surface area contributed by atoms with Crippen molar-refractivity contribution in [2.75, 3.05) is 32.9 Å². The van der Waals surface area contributed by atoms with Crippen LogP contribution in [-0.2, 0) is 27.2 Å². The Morgan fingerprint density at radius 1 is 1.03 bits per heavy atom. The van der Waals surface area contributed by atoms with E-state index < -0.39 is 5.97 Å². The Hall–Kier alpha value is -2.70. The van der Waals surface area contributed by atoms with E-state index in [1.165, 1.54) is 16.0 Å². The number of ether oxygens (including phenoxy) is 2. The molecule has 0 spiro atoms. The summed E-state index contributed by atoms with van der Waals surface area (Å²) in [5, 5.41) is 2.87. The van der Waals surface area contributed by atoms with Gasteiger partial charge < -0.3 is 19.7 Å². The van der Waals surface area contributed by atoms with Crippen LogP contribution >= 0.6 is 0 Å². The van der Waals surface area contributed by atoms with Gasteiger partial charge in [-0.3, -0.25) is 4.79 Å². The van der Waals surface area contributed by atoms with Crippen LogP contribution in [0.25, 0.3) is 0 Å². The predicted octanol–water partition coefficient (Wildman–Crippen LogP) is 1.70. The van der Waals surface area contributed by atoms with Crippen molar-refractivity contribution in [2.24, 2.45) is 0 Å². The van der Waals surface area contributed by atoms with Crippen LogP contribution < -0.4 is 10.2 Å². The van der Waals surface area contributed by atoms with Gasteiger partial charge in [0.15, 0.2) is 6.61 Å². The number of amides is 1. The molecule has 2 N–H and O–H groups in total. The van der Waals surface area contributed by atoms with E-state index in [4.69, 9.17) is 9.47 Å². The lowest BCUT2D eigenvalue weighted by atomic mass is 10.1. The first-order chi connectivity index (χ1) is 14.5. The molecule has 0 unspecified atom stereocenters. The van der Waals surface area contributed by atoms with Gasteiger partial charge in [0, 0.05) is 5.56 Å². The van der Waals surface area contributed by atoms with Gasteiger partial charge in [-0.15, -0.1) is 0 Å². The summed E-state index contributed by atoms with van der Waals surface area (Å²) in [7, 11) is 0. The fourth-order valence-corrected chi connectivity index (χ4v) is 3.51. The molecule has 1 aliphatic heterocycles. The second-order valence-electron chi connectivity index (χ2n) is 7.70. The lowest BCUT2D eigenvalue weighted by molar-refractivity contribution is -0.921. The lowest BCUT2D eigenvalue weighted by Crippen LogP contribution is -3.12. The van der Waals surface area contributed by atoms with Gasteiger partial charge in [0.25, 0.3) is 5.91 Å². The molecule has 0 bridgehead atoms. The minimum Gasteiger partial charge on any atom is -0.452 e. The van der Waals surface area contributed by atoms with Crippen molar-refractivity contribution in [1.82, 2.24) is 5.32 Å². The molecule has 2 aromatic carbocycles. The molecule has 0 radical (unpaired) electrons. The summed E-state index contributed by atoms with van der Waals surface area (Å²) in [6.07, 6.45) is 0.979. The third-order valence-electron chi connectivity index (χ3n) is 5.44. The van der Waals surface area contributed by atoms with Crippen molar-refractivity contribution in [3.63, 3.8) is 0 Å². The maximum Gasteiger partial charge on any atom is 0.338 e. The second-order valence-corrected chi connectivity index (χ2v) is 7.70. The number of carbonyl (C=O) groups excluding carboxylic acids is 2. The molecule has 1 heterocycles. The Labute approximate surface area is 178 Å². The number of hydrogen-bond acceptors (Lipinski definition) is 4. The van der Waals surface area contributed by atoms with Crippen molar-refractivity contribution in [3.8, 4) is 0 Å². The number of benzene rings is 2. The number of rotatable bonds is 8. The molecular weight excluding hydrogens is 380 g/mol. The Morgan fingerprint density at radius 3 is 2.30 bits per heavy atom. The number of esters is 1. The van der Waals surface area contributed by atoms with Crippen LogP contribution in [0.15, 0.2) is 48.5 Å². The van der Waals surface area contributed by atoms with Crippen LogP contribution in [0.3, 0.4) is 0 Å². The monoisotopic (exact) mass is 411 g/mol. The summed E-state index contributed by atoms with van der Waals surface area (Å²) in [5.74, 6) is -0.807. The van der Waals surface area contributed by atoms with Crippen LogP contribution in [0.4, 0.5) is 0 Å². The Kier molecular flexibility index (Phi) is 7.99. The van der Waals surface area contributed by atoms with Crippen molar-refractivity contribution >= 4 is 11.9 Å². The lowest BCUT2D eigenvalue weighted by Gasteiger charge is -2.23. The van der Waals surface area contributed by atoms with E-state index in [9.17, 15) is 9.59 Å². The Bertz CT molecular complexity index is 827. The zero-order valence-electron chi connectivity index (χ0n) is 17.8. The molecule has 160 valence electrons. The molecule has 30 heavy (non-hydrogen) atoms. The van der Waals surface area contributed by atoms with E-state index in [0.717, 1.165) is 44.8 Å². The molecule has 0 saturated carbocycles. The van der Waals surface area contributed by atoms with Crippen molar-refractivity contribution in [1.29, 1.82) is 0 Å². The zero-order chi connectivity index (χ0) is 21.3. The fourth-order valence-electron chi connectivity index (χ4n) is 3.51.